The van der Waals surface area contributed by atoms with E-state index >= 15 is 0 Å². The molecule has 3 unspecified atom stereocenters. The summed E-state index contributed by atoms with van der Waals surface area (Å²) in [5, 5.41) is 4.03. The number of hydrogen-bond acceptors (Lipinski definition) is 5. The number of rotatable bonds is 5. The van der Waals surface area contributed by atoms with Crippen molar-refractivity contribution in [2.45, 2.75) is 64.1 Å². The number of fused-ring (bicyclic) bond motifs is 2. The summed E-state index contributed by atoms with van der Waals surface area (Å²) in [6, 6.07) is 0. The third-order valence-electron chi connectivity index (χ3n) is 3.91. The summed E-state index contributed by atoms with van der Waals surface area (Å²) < 4.78 is 11.0. The lowest BCUT2D eigenvalue weighted by Gasteiger charge is -2.13. The van der Waals surface area contributed by atoms with Crippen LogP contribution in [0.25, 0.3) is 0 Å². The normalized spacial score (nSPS) is 29.3. The molecular formula is C14H20N2O3. The van der Waals surface area contributed by atoms with Crippen molar-refractivity contribution in [1.82, 2.24) is 10.1 Å². The van der Waals surface area contributed by atoms with E-state index in [4.69, 9.17) is 9.26 Å². The number of hydrogen-bond donors (Lipinski definition) is 0. The van der Waals surface area contributed by atoms with Crippen LogP contribution in [0.15, 0.2) is 4.52 Å². The number of ether oxygens (including phenoxy) is 1. The molecule has 2 fully saturated rings. The molecule has 19 heavy (non-hydrogen) atoms. The molecule has 3 heterocycles. The molecule has 2 bridgehead atoms. The Bertz CT molecular complexity index is 469. The van der Waals surface area contributed by atoms with Gasteiger partial charge in [0.25, 0.3) is 0 Å². The molecule has 5 heteroatoms. The second-order valence-corrected chi connectivity index (χ2v) is 6.08. The number of carbonyl (C=O) groups excluding carboxylic acids is 1. The molecule has 5 nitrogen and oxygen atoms in total. The predicted molar refractivity (Wildman–Crippen MR) is 67.7 cm³/mol. The van der Waals surface area contributed by atoms with Crippen LogP contribution in [0.1, 0.15) is 57.2 Å². The Morgan fingerprint density at radius 1 is 1.42 bits per heavy atom. The largest absolute Gasteiger partial charge is 0.374 e. The minimum absolute atomic E-state index is 0.161. The van der Waals surface area contributed by atoms with Gasteiger partial charge in [0.05, 0.1) is 24.5 Å². The summed E-state index contributed by atoms with van der Waals surface area (Å²) in [7, 11) is 0. The fourth-order valence-electron chi connectivity index (χ4n) is 3.10. The second-order valence-electron chi connectivity index (χ2n) is 6.08. The first-order chi connectivity index (χ1) is 9.11. The maximum Gasteiger partial charge on any atom is 0.234 e. The summed E-state index contributed by atoms with van der Waals surface area (Å²) in [6.45, 7) is 4.06. The number of nitrogens with zero attached hydrogens (tertiary/aromatic N) is 2. The number of ketones is 1. The molecule has 3 rings (SSSR count). The van der Waals surface area contributed by atoms with E-state index < -0.39 is 0 Å². The molecule has 0 aromatic carbocycles. The maximum absolute atomic E-state index is 11.7. The molecule has 0 amide bonds. The highest BCUT2D eigenvalue weighted by Gasteiger charge is 2.43. The lowest BCUT2D eigenvalue weighted by molar-refractivity contribution is -0.119. The van der Waals surface area contributed by atoms with E-state index in [2.05, 4.69) is 10.1 Å². The van der Waals surface area contributed by atoms with Crippen LogP contribution in [-0.4, -0.2) is 28.1 Å². The van der Waals surface area contributed by atoms with E-state index in [-0.39, 0.29) is 24.2 Å². The van der Waals surface area contributed by atoms with E-state index in [9.17, 15) is 4.79 Å². The van der Waals surface area contributed by atoms with Crippen LogP contribution in [0.4, 0.5) is 0 Å². The van der Waals surface area contributed by atoms with Crippen LogP contribution in [0.3, 0.4) is 0 Å². The SMILES string of the molecule is CC(C)CC(=O)Cc1nc(C2CC3CCC2O3)no1. The van der Waals surface area contributed by atoms with Crippen molar-refractivity contribution < 1.29 is 14.1 Å². The van der Waals surface area contributed by atoms with Crippen molar-refractivity contribution in [3.05, 3.63) is 11.7 Å². The zero-order valence-corrected chi connectivity index (χ0v) is 11.5. The first-order valence-corrected chi connectivity index (χ1v) is 7.11. The highest BCUT2D eigenvalue weighted by molar-refractivity contribution is 5.80. The van der Waals surface area contributed by atoms with E-state index in [1.807, 2.05) is 13.8 Å². The number of Topliss-reactive ketones (excluding diaryl/α,β-unsaturated/α-hetero) is 1. The van der Waals surface area contributed by atoms with Gasteiger partial charge in [0.1, 0.15) is 5.78 Å². The fourth-order valence-corrected chi connectivity index (χ4v) is 3.10. The Balaban J connectivity index is 1.62. The van der Waals surface area contributed by atoms with Gasteiger partial charge >= 0.3 is 0 Å². The van der Waals surface area contributed by atoms with E-state index in [0.717, 1.165) is 25.1 Å². The molecule has 0 N–H and O–H groups in total. The minimum Gasteiger partial charge on any atom is -0.374 e. The Morgan fingerprint density at radius 3 is 2.89 bits per heavy atom. The lowest BCUT2D eigenvalue weighted by atomic mass is 9.89. The van der Waals surface area contributed by atoms with Crippen LogP contribution in [0, 0.1) is 5.92 Å². The van der Waals surface area contributed by atoms with Gasteiger partial charge in [0, 0.05) is 6.42 Å². The van der Waals surface area contributed by atoms with Gasteiger partial charge in [-0.1, -0.05) is 19.0 Å². The summed E-state index contributed by atoms with van der Waals surface area (Å²) in [5.74, 6) is 1.96. The van der Waals surface area contributed by atoms with Gasteiger partial charge in [-0.3, -0.25) is 4.79 Å². The Morgan fingerprint density at radius 2 is 2.26 bits per heavy atom. The molecule has 2 aliphatic heterocycles. The lowest BCUT2D eigenvalue weighted by Crippen LogP contribution is -2.15. The smallest absolute Gasteiger partial charge is 0.234 e. The summed E-state index contributed by atoms with van der Waals surface area (Å²) >= 11 is 0. The molecule has 0 radical (unpaired) electrons. The monoisotopic (exact) mass is 264 g/mol. The molecule has 0 saturated carbocycles. The fraction of sp³-hybridized carbons (Fsp3) is 0.786. The first kappa shape index (κ1) is 12.8. The molecule has 2 saturated heterocycles. The summed E-state index contributed by atoms with van der Waals surface area (Å²) in [4.78, 5) is 16.1. The standard InChI is InChI=1S/C14H20N2O3/c1-8(2)5-9(17)6-13-15-14(16-19-13)11-7-10-3-4-12(11)18-10/h8,10-12H,3-7H2,1-2H3. The number of carbonyl (C=O) groups is 1. The van der Waals surface area contributed by atoms with Crippen LogP contribution >= 0.6 is 0 Å². The molecule has 0 spiro atoms. The van der Waals surface area contributed by atoms with Crippen molar-refractivity contribution >= 4 is 5.78 Å². The van der Waals surface area contributed by atoms with Crippen LogP contribution in [0.5, 0.6) is 0 Å². The van der Waals surface area contributed by atoms with Gasteiger partial charge in [-0.15, -0.1) is 0 Å². The van der Waals surface area contributed by atoms with Gasteiger partial charge in [-0.2, -0.15) is 4.98 Å². The van der Waals surface area contributed by atoms with Crippen molar-refractivity contribution in [3.63, 3.8) is 0 Å². The van der Waals surface area contributed by atoms with Gasteiger partial charge in [-0.25, -0.2) is 0 Å². The van der Waals surface area contributed by atoms with Gasteiger partial charge in [-0.05, 0) is 25.2 Å². The highest BCUT2D eigenvalue weighted by atomic mass is 16.5. The zero-order valence-electron chi connectivity index (χ0n) is 11.5. The van der Waals surface area contributed by atoms with Crippen LogP contribution in [-0.2, 0) is 16.0 Å². The maximum atomic E-state index is 11.7. The Labute approximate surface area is 112 Å². The van der Waals surface area contributed by atoms with Gasteiger partial charge in [0.15, 0.2) is 5.82 Å². The molecule has 0 aliphatic carbocycles. The summed E-state index contributed by atoms with van der Waals surface area (Å²) in [5.41, 5.74) is 0. The quantitative estimate of drug-likeness (QED) is 0.816. The molecule has 1 aromatic heterocycles. The van der Waals surface area contributed by atoms with Crippen molar-refractivity contribution in [2.24, 2.45) is 5.92 Å². The van der Waals surface area contributed by atoms with Crippen LogP contribution < -0.4 is 0 Å². The van der Waals surface area contributed by atoms with Crippen molar-refractivity contribution in [3.8, 4) is 0 Å². The Hall–Kier alpha value is -1.23. The topological polar surface area (TPSA) is 65.2 Å². The molecule has 2 aliphatic rings. The van der Waals surface area contributed by atoms with Crippen molar-refractivity contribution in [1.29, 1.82) is 0 Å². The second kappa shape index (κ2) is 5.04. The van der Waals surface area contributed by atoms with Crippen LogP contribution in [0.2, 0.25) is 0 Å². The van der Waals surface area contributed by atoms with Gasteiger partial charge in [0.2, 0.25) is 5.89 Å². The van der Waals surface area contributed by atoms with E-state index in [1.165, 1.54) is 0 Å². The average Bonchev–Trinajstić information content (AvgIpc) is 3.01. The third kappa shape index (κ3) is 2.71. The van der Waals surface area contributed by atoms with E-state index in [1.54, 1.807) is 0 Å². The average molecular weight is 264 g/mol. The molecular weight excluding hydrogens is 244 g/mol. The summed E-state index contributed by atoms with van der Waals surface area (Å²) in [6.07, 6.45) is 4.68. The predicted octanol–water partition coefficient (Wildman–Crippen LogP) is 2.26. The third-order valence-corrected chi connectivity index (χ3v) is 3.91. The van der Waals surface area contributed by atoms with Crippen molar-refractivity contribution in [2.75, 3.05) is 0 Å². The molecule has 1 aromatic rings. The van der Waals surface area contributed by atoms with E-state index in [0.29, 0.717) is 24.3 Å². The minimum atomic E-state index is 0.161. The molecule has 104 valence electrons. The van der Waals surface area contributed by atoms with Gasteiger partial charge < -0.3 is 9.26 Å². The zero-order chi connectivity index (χ0) is 13.4. The highest BCUT2D eigenvalue weighted by Crippen LogP contribution is 2.43. The first-order valence-electron chi connectivity index (χ1n) is 7.11. The number of aromatic nitrogens is 2. The Kier molecular flexibility index (Phi) is 3.39. The molecule has 3 atom stereocenters.